The summed E-state index contributed by atoms with van der Waals surface area (Å²) >= 11 is 7.21. The minimum Gasteiger partial charge on any atom is -0.381 e. The predicted molar refractivity (Wildman–Crippen MR) is 87.3 cm³/mol. The first kappa shape index (κ1) is 15.5. The number of amides is 1. The molecule has 0 radical (unpaired) electrons. The molecule has 3 heterocycles. The Morgan fingerprint density at radius 1 is 1.36 bits per heavy atom. The molecule has 2 aromatic heterocycles. The monoisotopic (exact) mass is 336 g/mol. The summed E-state index contributed by atoms with van der Waals surface area (Å²) in [6.07, 6.45) is 5.43. The van der Waals surface area contributed by atoms with Gasteiger partial charge in [0.25, 0.3) is 5.91 Å². The van der Waals surface area contributed by atoms with Gasteiger partial charge in [0, 0.05) is 25.6 Å². The molecule has 0 aromatic carbocycles. The van der Waals surface area contributed by atoms with Crippen LogP contribution in [0.1, 0.15) is 34.1 Å². The summed E-state index contributed by atoms with van der Waals surface area (Å²) in [7, 11) is 0. The normalized spacial score (nSPS) is 17.1. The number of thiophene rings is 1. The lowest BCUT2D eigenvalue weighted by atomic mass is 9.87. The van der Waals surface area contributed by atoms with E-state index in [2.05, 4.69) is 10.3 Å². The van der Waals surface area contributed by atoms with Crippen molar-refractivity contribution >= 4 is 28.8 Å². The van der Waals surface area contributed by atoms with Gasteiger partial charge in [0.1, 0.15) is 0 Å². The third-order valence-electron chi connectivity index (χ3n) is 3.86. The van der Waals surface area contributed by atoms with Crippen LogP contribution in [0.15, 0.2) is 36.7 Å². The van der Waals surface area contributed by atoms with Crippen LogP contribution in [0, 0.1) is 5.92 Å². The number of hydrogen-bond donors (Lipinski definition) is 1. The average molecular weight is 337 g/mol. The summed E-state index contributed by atoms with van der Waals surface area (Å²) < 4.78 is 6.05. The minimum absolute atomic E-state index is 0.0500. The molecular formula is C16H17ClN2O2S. The van der Waals surface area contributed by atoms with Crippen molar-refractivity contribution in [1.29, 1.82) is 0 Å². The largest absolute Gasteiger partial charge is 0.381 e. The average Bonchev–Trinajstić information content (AvgIpc) is 3.01. The lowest BCUT2D eigenvalue weighted by Gasteiger charge is -2.31. The van der Waals surface area contributed by atoms with E-state index in [0.717, 1.165) is 31.6 Å². The first-order valence-corrected chi connectivity index (χ1v) is 8.47. The second-order valence-corrected chi connectivity index (χ2v) is 7.01. The lowest BCUT2D eigenvalue weighted by Crippen LogP contribution is -2.35. The highest BCUT2D eigenvalue weighted by Gasteiger charge is 2.27. The Balaban J connectivity index is 1.80. The topological polar surface area (TPSA) is 51.2 Å². The molecule has 1 aliphatic heterocycles. The van der Waals surface area contributed by atoms with Crippen LogP contribution in [-0.4, -0.2) is 24.1 Å². The van der Waals surface area contributed by atoms with Gasteiger partial charge in [-0.25, -0.2) is 0 Å². The van der Waals surface area contributed by atoms with Crippen LogP contribution < -0.4 is 5.32 Å². The van der Waals surface area contributed by atoms with Gasteiger partial charge >= 0.3 is 0 Å². The van der Waals surface area contributed by atoms with Gasteiger partial charge in [-0.3, -0.25) is 9.78 Å². The molecule has 0 aliphatic carbocycles. The van der Waals surface area contributed by atoms with E-state index in [1.54, 1.807) is 18.3 Å². The van der Waals surface area contributed by atoms with Gasteiger partial charge in [-0.1, -0.05) is 17.7 Å². The van der Waals surface area contributed by atoms with Crippen LogP contribution in [0.5, 0.6) is 0 Å². The number of halogens is 1. The molecule has 1 amide bonds. The smallest absolute Gasteiger partial charge is 0.261 e. The number of hydrogen-bond acceptors (Lipinski definition) is 4. The highest BCUT2D eigenvalue weighted by atomic mass is 35.5. The third-order valence-corrected chi connectivity index (χ3v) is 5.09. The van der Waals surface area contributed by atoms with Crippen LogP contribution in [0.4, 0.5) is 0 Å². The van der Waals surface area contributed by atoms with E-state index in [-0.39, 0.29) is 11.9 Å². The lowest BCUT2D eigenvalue weighted by molar-refractivity contribution is 0.0514. The maximum Gasteiger partial charge on any atom is 0.261 e. The van der Waals surface area contributed by atoms with Crippen LogP contribution in [0.25, 0.3) is 0 Å². The highest BCUT2D eigenvalue weighted by molar-refractivity contribution is 7.17. The molecule has 0 saturated carbocycles. The van der Waals surface area contributed by atoms with Gasteiger partial charge in [-0.15, -0.1) is 11.3 Å². The van der Waals surface area contributed by atoms with Gasteiger partial charge in [0.05, 0.1) is 15.3 Å². The van der Waals surface area contributed by atoms with E-state index in [1.165, 1.54) is 11.3 Å². The number of carbonyl (C=O) groups is 1. The second-order valence-electron chi connectivity index (χ2n) is 5.29. The highest BCUT2D eigenvalue weighted by Crippen LogP contribution is 2.30. The Kier molecular flexibility index (Phi) is 5.08. The molecule has 1 aliphatic rings. The molecule has 2 aromatic rings. The minimum atomic E-state index is -0.0859. The fraction of sp³-hybridized carbons (Fsp3) is 0.375. The van der Waals surface area contributed by atoms with Crippen molar-refractivity contribution in [2.45, 2.75) is 18.9 Å². The van der Waals surface area contributed by atoms with E-state index in [0.29, 0.717) is 15.1 Å². The summed E-state index contributed by atoms with van der Waals surface area (Å²) in [5, 5.41) is 3.15. The zero-order valence-corrected chi connectivity index (χ0v) is 13.6. The van der Waals surface area contributed by atoms with Crippen LogP contribution in [0.2, 0.25) is 4.34 Å². The van der Waals surface area contributed by atoms with Crippen molar-refractivity contribution in [2.24, 2.45) is 5.92 Å². The predicted octanol–water partition coefficient (Wildman–Crippen LogP) is 3.69. The molecule has 1 atom stereocenters. The number of rotatable bonds is 4. The Hall–Kier alpha value is -1.43. The van der Waals surface area contributed by atoms with Crippen molar-refractivity contribution < 1.29 is 9.53 Å². The number of aromatic nitrogens is 1. The molecule has 0 spiro atoms. The zero-order valence-electron chi connectivity index (χ0n) is 12.0. The summed E-state index contributed by atoms with van der Waals surface area (Å²) in [6.45, 7) is 1.48. The molecule has 1 fully saturated rings. The number of pyridine rings is 1. The van der Waals surface area contributed by atoms with E-state index in [1.807, 2.05) is 18.3 Å². The first-order chi connectivity index (χ1) is 10.7. The molecule has 116 valence electrons. The Labute approximate surface area is 138 Å². The molecule has 0 unspecified atom stereocenters. The standard InChI is InChI=1S/C16H17ClN2O2S/c17-14-4-3-13(22-14)16(20)19-15(11-5-8-21-9-6-11)12-2-1-7-18-10-12/h1-4,7,10-11,15H,5-6,8-9H2,(H,19,20)/t15-/m1/s1. The van der Waals surface area contributed by atoms with E-state index in [4.69, 9.17) is 16.3 Å². The molecule has 0 bridgehead atoms. The number of carbonyl (C=O) groups excluding carboxylic acids is 1. The van der Waals surface area contributed by atoms with Crippen LogP contribution in [0.3, 0.4) is 0 Å². The Morgan fingerprint density at radius 2 is 2.18 bits per heavy atom. The van der Waals surface area contributed by atoms with Crippen molar-refractivity contribution in [1.82, 2.24) is 10.3 Å². The third kappa shape index (κ3) is 3.66. The molecule has 1 N–H and O–H groups in total. The Bertz CT molecular complexity index is 626. The number of ether oxygens (including phenoxy) is 1. The van der Waals surface area contributed by atoms with Crippen molar-refractivity contribution in [3.05, 3.63) is 51.4 Å². The van der Waals surface area contributed by atoms with E-state index < -0.39 is 0 Å². The van der Waals surface area contributed by atoms with Gasteiger partial charge in [0.15, 0.2) is 0 Å². The quantitative estimate of drug-likeness (QED) is 0.926. The van der Waals surface area contributed by atoms with Gasteiger partial charge in [-0.05, 0) is 42.5 Å². The summed E-state index contributed by atoms with van der Waals surface area (Å²) in [6, 6.07) is 7.36. The SMILES string of the molecule is O=C(N[C@@H](c1cccnc1)C1CCOCC1)c1ccc(Cl)s1. The number of nitrogens with zero attached hydrogens (tertiary/aromatic N) is 1. The molecule has 4 nitrogen and oxygen atoms in total. The molecule has 22 heavy (non-hydrogen) atoms. The maximum atomic E-state index is 12.5. The van der Waals surface area contributed by atoms with E-state index in [9.17, 15) is 4.79 Å². The molecule has 3 rings (SSSR count). The first-order valence-electron chi connectivity index (χ1n) is 7.28. The fourth-order valence-electron chi connectivity index (χ4n) is 2.73. The Morgan fingerprint density at radius 3 is 2.82 bits per heavy atom. The number of nitrogens with one attached hydrogen (secondary N) is 1. The van der Waals surface area contributed by atoms with Crippen LogP contribution in [-0.2, 0) is 4.74 Å². The summed E-state index contributed by atoms with van der Waals surface area (Å²) in [5.74, 6) is 0.273. The van der Waals surface area contributed by atoms with Crippen molar-refractivity contribution in [3.63, 3.8) is 0 Å². The van der Waals surface area contributed by atoms with Gasteiger partial charge in [0.2, 0.25) is 0 Å². The van der Waals surface area contributed by atoms with Gasteiger partial charge < -0.3 is 10.1 Å². The maximum absolute atomic E-state index is 12.5. The molecular weight excluding hydrogens is 320 g/mol. The zero-order chi connectivity index (χ0) is 15.4. The van der Waals surface area contributed by atoms with Crippen molar-refractivity contribution in [2.75, 3.05) is 13.2 Å². The molecule has 1 saturated heterocycles. The second kappa shape index (κ2) is 7.22. The van der Waals surface area contributed by atoms with E-state index >= 15 is 0 Å². The summed E-state index contributed by atoms with van der Waals surface area (Å²) in [4.78, 5) is 17.3. The van der Waals surface area contributed by atoms with Crippen LogP contribution >= 0.6 is 22.9 Å². The van der Waals surface area contributed by atoms with Crippen molar-refractivity contribution in [3.8, 4) is 0 Å². The fourth-order valence-corrected chi connectivity index (χ4v) is 3.68. The van der Waals surface area contributed by atoms with Gasteiger partial charge in [-0.2, -0.15) is 0 Å². The molecule has 6 heteroatoms. The summed E-state index contributed by atoms with van der Waals surface area (Å²) in [5.41, 5.74) is 1.03.